The number of aliphatic hydroxyl groups excluding tert-OH is 4. The van der Waals surface area contributed by atoms with Crippen LogP contribution in [-0.4, -0.2) is 45.3 Å². The van der Waals surface area contributed by atoms with Crippen LogP contribution in [-0.2, 0) is 0 Å². The van der Waals surface area contributed by atoms with Crippen molar-refractivity contribution in [3.63, 3.8) is 0 Å². The molecule has 0 amide bonds. The van der Waals surface area contributed by atoms with Gasteiger partial charge in [0.25, 0.3) is 0 Å². The van der Waals surface area contributed by atoms with Crippen molar-refractivity contribution in [1.29, 1.82) is 0 Å². The maximum Gasteiger partial charge on any atom is 0.0602 e. The molecule has 4 heteroatoms. The van der Waals surface area contributed by atoms with Crippen LogP contribution in [0.5, 0.6) is 0 Å². The Hall–Kier alpha value is -0.160. The van der Waals surface area contributed by atoms with Crippen molar-refractivity contribution in [3.8, 4) is 0 Å². The minimum Gasteiger partial charge on any atom is -0.396 e. The highest BCUT2D eigenvalue weighted by Gasteiger charge is 2.65. The Morgan fingerprint density at radius 3 is 2.43 bits per heavy atom. The van der Waals surface area contributed by atoms with Crippen LogP contribution >= 0.6 is 0 Å². The third-order valence-electron chi connectivity index (χ3n) is 10.3. The van der Waals surface area contributed by atoms with Crippen LogP contribution < -0.4 is 0 Å². The highest BCUT2D eigenvalue weighted by Crippen LogP contribution is 2.68. The van der Waals surface area contributed by atoms with Crippen molar-refractivity contribution in [1.82, 2.24) is 0 Å². The Kier molecular flexibility index (Phi) is 5.66. The first kappa shape index (κ1) is 21.1. The molecule has 0 radical (unpaired) electrons. The van der Waals surface area contributed by atoms with E-state index in [1.54, 1.807) is 0 Å². The molecule has 28 heavy (non-hydrogen) atoms. The summed E-state index contributed by atoms with van der Waals surface area (Å²) >= 11 is 0. The van der Waals surface area contributed by atoms with Crippen LogP contribution in [0, 0.1) is 46.3 Å². The average molecular weight is 395 g/mol. The summed E-state index contributed by atoms with van der Waals surface area (Å²) in [7, 11) is 0. The molecule has 162 valence electrons. The van der Waals surface area contributed by atoms with Gasteiger partial charge in [0.05, 0.1) is 18.3 Å². The minimum atomic E-state index is -0.308. The molecule has 4 nitrogen and oxygen atoms in total. The van der Waals surface area contributed by atoms with Gasteiger partial charge < -0.3 is 20.4 Å². The lowest BCUT2D eigenvalue weighted by molar-refractivity contribution is -0.207. The summed E-state index contributed by atoms with van der Waals surface area (Å²) in [5.74, 6) is 2.41. The second-order valence-electron chi connectivity index (χ2n) is 11.4. The smallest absolute Gasteiger partial charge is 0.0602 e. The third-order valence-corrected chi connectivity index (χ3v) is 10.3. The molecule has 0 aliphatic heterocycles. The Balaban J connectivity index is 1.62. The molecule has 0 spiro atoms. The predicted octanol–water partition coefficient (Wildman–Crippen LogP) is 3.36. The molecular formula is C24H42O4. The van der Waals surface area contributed by atoms with Crippen molar-refractivity contribution >= 4 is 0 Å². The number of hydrogen-bond acceptors (Lipinski definition) is 4. The van der Waals surface area contributed by atoms with Crippen molar-refractivity contribution in [2.75, 3.05) is 6.61 Å². The van der Waals surface area contributed by atoms with Crippen molar-refractivity contribution in [2.45, 2.75) is 96.9 Å². The summed E-state index contributed by atoms with van der Waals surface area (Å²) < 4.78 is 0. The predicted molar refractivity (Wildman–Crippen MR) is 109 cm³/mol. The summed E-state index contributed by atoms with van der Waals surface area (Å²) in [5, 5.41) is 42.2. The number of aliphatic hydroxyl groups is 4. The fourth-order valence-corrected chi connectivity index (χ4v) is 8.75. The SMILES string of the molecule is C[C@H](CCCO)[C@H]1CC[C@H]2[C@@H]3[C@H](O)C[C@H]4C[C@@H](O)CC[C@]4(C)[C@H]3C[C@H](O)[C@]12C. The van der Waals surface area contributed by atoms with Gasteiger partial charge in [0, 0.05) is 6.61 Å². The van der Waals surface area contributed by atoms with Crippen LogP contribution in [0.1, 0.15) is 78.6 Å². The van der Waals surface area contributed by atoms with Gasteiger partial charge in [-0.25, -0.2) is 0 Å². The van der Waals surface area contributed by atoms with E-state index in [1.165, 1.54) is 0 Å². The second kappa shape index (κ2) is 7.51. The van der Waals surface area contributed by atoms with Gasteiger partial charge in [-0.05, 0) is 104 Å². The fourth-order valence-electron chi connectivity index (χ4n) is 8.75. The van der Waals surface area contributed by atoms with Crippen LogP contribution in [0.2, 0.25) is 0 Å². The number of rotatable bonds is 4. The molecule has 0 heterocycles. The minimum absolute atomic E-state index is 0.117. The van der Waals surface area contributed by atoms with E-state index in [9.17, 15) is 20.4 Å². The Morgan fingerprint density at radius 1 is 0.964 bits per heavy atom. The van der Waals surface area contributed by atoms with E-state index in [1.807, 2.05) is 0 Å². The Morgan fingerprint density at radius 2 is 1.71 bits per heavy atom. The number of fused-ring (bicyclic) bond motifs is 5. The van der Waals surface area contributed by atoms with E-state index in [0.29, 0.717) is 35.5 Å². The van der Waals surface area contributed by atoms with Gasteiger partial charge in [-0.15, -0.1) is 0 Å². The van der Waals surface area contributed by atoms with Crippen LogP contribution in [0.4, 0.5) is 0 Å². The zero-order valence-electron chi connectivity index (χ0n) is 18.1. The molecule has 4 N–H and O–H groups in total. The molecule has 0 aromatic heterocycles. The highest BCUT2D eigenvalue weighted by molar-refractivity contribution is 5.14. The van der Waals surface area contributed by atoms with Crippen LogP contribution in [0.25, 0.3) is 0 Å². The summed E-state index contributed by atoms with van der Waals surface area (Å²) in [6.07, 6.45) is 7.62. The van der Waals surface area contributed by atoms with E-state index in [-0.39, 0.29) is 35.7 Å². The molecule has 0 saturated heterocycles. The zero-order valence-corrected chi connectivity index (χ0v) is 18.1. The zero-order chi connectivity index (χ0) is 20.3. The lowest BCUT2D eigenvalue weighted by atomic mass is 9.43. The molecule has 4 rings (SSSR count). The average Bonchev–Trinajstić information content (AvgIpc) is 3.01. The summed E-state index contributed by atoms with van der Waals surface area (Å²) in [6.45, 7) is 7.23. The maximum absolute atomic E-state index is 11.5. The largest absolute Gasteiger partial charge is 0.396 e. The standard InChI is InChI=1S/C24H42O4/c1-14(5-4-10-25)17-6-7-18-22-19(13-21(28)24(17,18)3)23(2)9-8-16(26)11-15(23)12-20(22)27/h14-22,25-28H,4-13H2,1-3H3/t14-,15-,16+,17-,18+,19+,20-,21+,22+,23+,24-/m1/s1. The highest BCUT2D eigenvalue weighted by atomic mass is 16.3. The van der Waals surface area contributed by atoms with E-state index >= 15 is 0 Å². The van der Waals surface area contributed by atoms with Crippen molar-refractivity contribution in [2.24, 2.45) is 46.3 Å². The van der Waals surface area contributed by atoms with Crippen LogP contribution in [0.15, 0.2) is 0 Å². The summed E-state index contributed by atoms with van der Waals surface area (Å²) in [4.78, 5) is 0. The molecule has 4 fully saturated rings. The molecule has 0 unspecified atom stereocenters. The summed E-state index contributed by atoms with van der Waals surface area (Å²) in [6, 6.07) is 0. The summed E-state index contributed by atoms with van der Waals surface area (Å²) in [5.41, 5.74) is 0.0282. The van der Waals surface area contributed by atoms with Crippen LogP contribution in [0.3, 0.4) is 0 Å². The Bertz CT molecular complexity index is 567. The quantitative estimate of drug-likeness (QED) is 0.589. The topological polar surface area (TPSA) is 80.9 Å². The first-order valence-electron chi connectivity index (χ1n) is 11.9. The molecule has 0 aromatic carbocycles. The van der Waals surface area contributed by atoms with Crippen molar-refractivity contribution < 1.29 is 20.4 Å². The molecule has 4 aliphatic rings. The maximum atomic E-state index is 11.5. The first-order chi connectivity index (χ1) is 13.2. The van der Waals surface area contributed by atoms with Gasteiger partial charge >= 0.3 is 0 Å². The monoisotopic (exact) mass is 394 g/mol. The van der Waals surface area contributed by atoms with E-state index in [2.05, 4.69) is 20.8 Å². The van der Waals surface area contributed by atoms with Gasteiger partial charge in [0.1, 0.15) is 0 Å². The second-order valence-corrected chi connectivity index (χ2v) is 11.4. The molecule has 4 saturated carbocycles. The lowest BCUT2D eigenvalue weighted by Crippen LogP contribution is -2.62. The van der Waals surface area contributed by atoms with E-state index < -0.39 is 0 Å². The first-order valence-corrected chi connectivity index (χ1v) is 11.9. The van der Waals surface area contributed by atoms with E-state index in [0.717, 1.165) is 57.8 Å². The van der Waals surface area contributed by atoms with Gasteiger partial charge in [-0.2, -0.15) is 0 Å². The van der Waals surface area contributed by atoms with Gasteiger partial charge in [0.15, 0.2) is 0 Å². The molecule has 4 aliphatic carbocycles. The normalized spacial score (nSPS) is 54.5. The molecule has 11 atom stereocenters. The van der Waals surface area contributed by atoms with Gasteiger partial charge in [-0.1, -0.05) is 20.8 Å². The Labute approximate surface area is 170 Å². The third kappa shape index (κ3) is 3.01. The number of hydrogen-bond donors (Lipinski definition) is 4. The van der Waals surface area contributed by atoms with E-state index in [4.69, 9.17) is 0 Å². The molecule has 0 aromatic rings. The van der Waals surface area contributed by atoms with Gasteiger partial charge in [-0.3, -0.25) is 0 Å². The lowest BCUT2D eigenvalue weighted by Gasteiger charge is -2.63. The van der Waals surface area contributed by atoms with Gasteiger partial charge in [0.2, 0.25) is 0 Å². The van der Waals surface area contributed by atoms with Crippen molar-refractivity contribution in [3.05, 3.63) is 0 Å². The molecular weight excluding hydrogens is 352 g/mol. The molecule has 0 bridgehead atoms. The fraction of sp³-hybridized carbons (Fsp3) is 1.00.